The van der Waals surface area contributed by atoms with Gasteiger partial charge >= 0.3 is 0 Å². The Bertz CT molecular complexity index is 693. The fraction of sp³-hybridized carbons (Fsp3) is 0.438. The van der Waals surface area contributed by atoms with Crippen molar-refractivity contribution >= 4 is 17.5 Å². The smallest absolute Gasteiger partial charge is 0.256 e. The molecular weight excluding hydrogens is 300 g/mol. The maximum Gasteiger partial charge on any atom is 0.256 e. The molecule has 5 nitrogen and oxygen atoms in total. The van der Waals surface area contributed by atoms with Gasteiger partial charge in [-0.25, -0.2) is 0 Å². The zero-order valence-electron chi connectivity index (χ0n) is 13.6. The molecule has 0 saturated heterocycles. The van der Waals surface area contributed by atoms with Gasteiger partial charge in [-0.3, -0.25) is 14.5 Å². The molecule has 0 fully saturated rings. The van der Waals surface area contributed by atoms with Crippen LogP contribution in [0.5, 0.6) is 0 Å². The van der Waals surface area contributed by atoms with Crippen molar-refractivity contribution in [1.29, 1.82) is 0 Å². The van der Waals surface area contributed by atoms with Crippen molar-refractivity contribution in [1.82, 2.24) is 19.7 Å². The minimum Gasteiger partial charge on any atom is -0.332 e. The quantitative estimate of drug-likeness (QED) is 0.869. The number of pyridine rings is 1. The second-order valence-electron chi connectivity index (χ2n) is 5.69. The summed E-state index contributed by atoms with van der Waals surface area (Å²) in [7, 11) is 1.91. The molecule has 2 heterocycles. The highest BCUT2D eigenvalue weighted by Gasteiger charge is 2.22. The van der Waals surface area contributed by atoms with Crippen molar-refractivity contribution in [2.45, 2.75) is 40.3 Å². The van der Waals surface area contributed by atoms with Gasteiger partial charge in [0.15, 0.2) is 0 Å². The van der Waals surface area contributed by atoms with Crippen molar-refractivity contribution in [3.8, 4) is 0 Å². The zero-order chi connectivity index (χ0) is 16.4. The number of rotatable bonds is 4. The highest BCUT2D eigenvalue weighted by molar-refractivity contribution is 6.30. The van der Waals surface area contributed by atoms with Crippen LogP contribution in [0, 0.1) is 13.8 Å². The number of amides is 1. The van der Waals surface area contributed by atoms with Crippen LogP contribution in [0.25, 0.3) is 0 Å². The standard InChI is InChI=1S/C16H21ClN4O/c1-10(2)21(9-15-11(3)19-20(5)12(15)4)16(22)13-6-14(17)8-18-7-13/h6-8,10H,9H2,1-5H3. The number of hydrogen-bond donors (Lipinski definition) is 0. The minimum atomic E-state index is -0.0762. The molecule has 118 valence electrons. The van der Waals surface area contributed by atoms with Crippen LogP contribution in [0.4, 0.5) is 0 Å². The predicted molar refractivity (Wildman–Crippen MR) is 86.9 cm³/mol. The van der Waals surface area contributed by atoms with Gasteiger partial charge in [0.05, 0.1) is 16.3 Å². The summed E-state index contributed by atoms with van der Waals surface area (Å²) in [6.45, 7) is 8.49. The number of aryl methyl sites for hydroxylation is 2. The van der Waals surface area contributed by atoms with Gasteiger partial charge in [-0.05, 0) is 33.8 Å². The van der Waals surface area contributed by atoms with Crippen LogP contribution in [-0.2, 0) is 13.6 Å². The third-order valence-electron chi connectivity index (χ3n) is 3.82. The van der Waals surface area contributed by atoms with Gasteiger partial charge in [0.25, 0.3) is 5.91 Å². The maximum absolute atomic E-state index is 12.8. The Hall–Kier alpha value is -1.88. The van der Waals surface area contributed by atoms with Crippen LogP contribution in [0.15, 0.2) is 18.5 Å². The van der Waals surface area contributed by atoms with Gasteiger partial charge in [-0.1, -0.05) is 11.6 Å². The molecule has 0 unspecified atom stereocenters. The van der Waals surface area contributed by atoms with Crippen molar-refractivity contribution in [2.24, 2.45) is 7.05 Å². The van der Waals surface area contributed by atoms with Gasteiger partial charge in [0.1, 0.15) is 0 Å². The first-order valence-corrected chi connectivity index (χ1v) is 7.59. The van der Waals surface area contributed by atoms with Crippen molar-refractivity contribution in [3.63, 3.8) is 0 Å². The number of hydrogen-bond acceptors (Lipinski definition) is 3. The third-order valence-corrected chi connectivity index (χ3v) is 4.03. The van der Waals surface area contributed by atoms with Crippen molar-refractivity contribution < 1.29 is 4.79 Å². The largest absolute Gasteiger partial charge is 0.332 e. The second kappa shape index (κ2) is 6.48. The Kier molecular flexibility index (Phi) is 4.86. The zero-order valence-corrected chi connectivity index (χ0v) is 14.3. The Morgan fingerprint density at radius 1 is 1.36 bits per heavy atom. The van der Waals surface area contributed by atoms with Crippen molar-refractivity contribution in [2.75, 3.05) is 0 Å². The lowest BCUT2D eigenvalue weighted by Crippen LogP contribution is -2.36. The molecule has 0 aromatic carbocycles. The highest BCUT2D eigenvalue weighted by Crippen LogP contribution is 2.19. The van der Waals surface area contributed by atoms with Crippen LogP contribution in [0.3, 0.4) is 0 Å². The van der Waals surface area contributed by atoms with E-state index in [4.69, 9.17) is 11.6 Å². The van der Waals surface area contributed by atoms with E-state index in [1.165, 1.54) is 6.20 Å². The van der Waals surface area contributed by atoms with E-state index < -0.39 is 0 Å². The molecule has 0 N–H and O–H groups in total. The summed E-state index contributed by atoms with van der Waals surface area (Å²) < 4.78 is 1.84. The van der Waals surface area contributed by atoms with E-state index in [0.717, 1.165) is 17.0 Å². The first kappa shape index (κ1) is 16.5. The summed E-state index contributed by atoms with van der Waals surface area (Å²) in [5.74, 6) is -0.0762. The molecule has 0 bridgehead atoms. The maximum atomic E-state index is 12.8. The lowest BCUT2D eigenvalue weighted by atomic mass is 10.1. The molecule has 22 heavy (non-hydrogen) atoms. The normalized spacial score (nSPS) is 11.0. The Morgan fingerprint density at radius 2 is 2.05 bits per heavy atom. The molecule has 2 rings (SSSR count). The number of aromatic nitrogens is 3. The molecule has 0 aliphatic carbocycles. The second-order valence-corrected chi connectivity index (χ2v) is 6.13. The van der Waals surface area contributed by atoms with Crippen molar-refractivity contribution in [3.05, 3.63) is 46.0 Å². The molecule has 6 heteroatoms. The van der Waals surface area contributed by atoms with Crippen LogP contribution in [0.2, 0.25) is 5.02 Å². The Balaban J connectivity index is 2.33. The van der Waals surface area contributed by atoms with E-state index in [9.17, 15) is 4.79 Å². The topological polar surface area (TPSA) is 51.0 Å². The van der Waals surface area contributed by atoms with E-state index in [1.807, 2.05) is 44.3 Å². The summed E-state index contributed by atoms with van der Waals surface area (Å²) >= 11 is 5.94. The van der Waals surface area contributed by atoms with E-state index in [2.05, 4.69) is 10.1 Å². The Labute approximate surface area is 135 Å². The van der Waals surface area contributed by atoms with Gasteiger partial charge in [-0.15, -0.1) is 0 Å². The van der Waals surface area contributed by atoms with Gasteiger partial charge in [0.2, 0.25) is 0 Å². The first-order chi connectivity index (χ1) is 10.3. The average molecular weight is 321 g/mol. The highest BCUT2D eigenvalue weighted by atomic mass is 35.5. The molecule has 0 aliphatic rings. The molecule has 1 amide bonds. The van der Waals surface area contributed by atoms with Gasteiger partial charge in [0, 0.05) is 43.3 Å². The lowest BCUT2D eigenvalue weighted by molar-refractivity contribution is 0.0689. The lowest BCUT2D eigenvalue weighted by Gasteiger charge is -2.27. The molecule has 0 radical (unpaired) electrons. The molecule has 0 aliphatic heterocycles. The average Bonchev–Trinajstić information content (AvgIpc) is 2.69. The Morgan fingerprint density at radius 3 is 2.55 bits per heavy atom. The number of carbonyl (C=O) groups excluding carboxylic acids is 1. The van der Waals surface area contributed by atoms with Crippen LogP contribution in [-0.4, -0.2) is 31.6 Å². The van der Waals surface area contributed by atoms with E-state index in [1.54, 1.807) is 12.3 Å². The van der Waals surface area contributed by atoms with E-state index in [0.29, 0.717) is 17.1 Å². The SMILES string of the molecule is Cc1nn(C)c(C)c1CN(C(=O)c1cncc(Cl)c1)C(C)C. The third kappa shape index (κ3) is 3.30. The summed E-state index contributed by atoms with van der Waals surface area (Å²) in [5, 5.41) is 4.88. The summed E-state index contributed by atoms with van der Waals surface area (Å²) in [6.07, 6.45) is 3.07. The molecule has 0 saturated carbocycles. The van der Waals surface area contributed by atoms with Gasteiger partial charge < -0.3 is 4.90 Å². The van der Waals surface area contributed by atoms with Crippen LogP contribution in [0.1, 0.15) is 41.2 Å². The number of halogens is 1. The molecule has 0 atom stereocenters. The monoisotopic (exact) mass is 320 g/mol. The molecule has 2 aromatic rings. The summed E-state index contributed by atoms with van der Waals surface area (Å²) in [4.78, 5) is 18.6. The molecule has 2 aromatic heterocycles. The molecule has 0 spiro atoms. The van der Waals surface area contributed by atoms with Crippen LogP contribution >= 0.6 is 11.6 Å². The fourth-order valence-corrected chi connectivity index (χ4v) is 2.57. The van der Waals surface area contributed by atoms with Gasteiger partial charge in [-0.2, -0.15) is 5.10 Å². The fourth-order valence-electron chi connectivity index (χ4n) is 2.40. The number of nitrogens with zero attached hydrogens (tertiary/aromatic N) is 4. The van der Waals surface area contributed by atoms with Crippen LogP contribution < -0.4 is 0 Å². The first-order valence-electron chi connectivity index (χ1n) is 7.21. The minimum absolute atomic E-state index is 0.0606. The predicted octanol–water partition coefficient (Wildman–Crippen LogP) is 3.14. The summed E-state index contributed by atoms with van der Waals surface area (Å²) in [5.41, 5.74) is 3.60. The molecular formula is C16H21ClN4O. The number of carbonyl (C=O) groups is 1. The van der Waals surface area contributed by atoms with E-state index >= 15 is 0 Å². The van der Waals surface area contributed by atoms with E-state index in [-0.39, 0.29) is 11.9 Å². The summed E-state index contributed by atoms with van der Waals surface area (Å²) in [6, 6.07) is 1.71.